The molecule has 2 aliphatic heterocycles. The lowest BCUT2D eigenvalue weighted by Gasteiger charge is -2.41. The van der Waals surface area contributed by atoms with Gasteiger partial charge in [-0.2, -0.15) is 0 Å². The van der Waals surface area contributed by atoms with Crippen molar-refractivity contribution in [2.45, 2.75) is 65.8 Å². The molecule has 142 valence electrons. The Hall–Kier alpha value is -0.220. The molecular weight excluding hydrogens is 348 g/mol. The maximum absolute atomic E-state index is 6.04. The first-order valence-electron chi connectivity index (χ1n) is 9.80. The Kier molecular flexibility index (Phi) is 8.60. The second-order valence-electron chi connectivity index (χ2n) is 7.77. The van der Waals surface area contributed by atoms with E-state index < -0.39 is 0 Å². The Bertz CT molecular complexity index is 506. The van der Waals surface area contributed by atoms with Gasteiger partial charge in [0.15, 0.2) is 0 Å². The van der Waals surface area contributed by atoms with E-state index in [9.17, 15) is 0 Å². The number of piperidine rings is 2. The fourth-order valence-electron chi connectivity index (χ4n) is 3.81. The van der Waals surface area contributed by atoms with E-state index in [1.807, 2.05) is 18.0 Å². The second-order valence-corrected chi connectivity index (χ2v) is 9.36. The number of hydrogen-bond donors (Lipinski definition) is 0. The summed E-state index contributed by atoms with van der Waals surface area (Å²) in [5.41, 5.74) is 2.67. The third-order valence-electron chi connectivity index (χ3n) is 5.44. The molecule has 0 atom stereocenters. The summed E-state index contributed by atoms with van der Waals surface area (Å²) in [6.45, 7) is 17.8. The first-order chi connectivity index (χ1) is 11.9. The summed E-state index contributed by atoms with van der Waals surface area (Å²) in [6.07, 6.45) is 8.36. The van der Waals surface area contributed by atoms with Gasteiger partial charge in [0.2, 0.25) is 0 Å². The molecule has 2 nitrogen and oxygen atoms in total. The van der Waals surface area contributed by atoms with E-state index in [0.717, 1.165) is 18.4 Å². The Morgan fingerprint density at radius 1 is 1.12 bits per heavy atom. The van der Waals surface area contributed by atoms with Gasteiger partial charge in [-0.15, -0.1) is 0 Å². The van der Waals surface area contributed by atoms with Crippen LogP contribution in [-0.2, 0) is 0 Å². The fraction of sp³-hybridized carbons (Fsp3) is 0.714. The third-order valence-corrected chi connectivity index (χ3v) is 7.02. The van der Waals surface area contributed by atoms with Crippen molar-refractivity contribution in [1.82, 2.24) is 9.21 Å². The average molecular weight is 383 g/mol. The minimum atomic E-state index is 0.620. The van der Waals surface area contributed by atoms with Gasteiger partial charge in [-0.05, 0) is 88.6 Å². The zero-order valence-corrected chi connectivity index (χ0v) is 18.1. The van der Waals surface area contributed by atoms with Crippen LogP contribution < -0.4 is 0 Å². The minimum absolute atomic E-state index is 0.620. The van der Waals surface area contributed by atoms with Gasteiger partial charge >= 0.3 is 0 Å². The van der Waals surface area contributed by atoms with Crippen molar-refractivity contribution in [1.29, 1.82) is 0 Å². The van der Waals surface area contributed by atoms with Crippen LogP contribution in [0, 0.1) is 5.92 Å². The number of rotatable bonds is 6. The summed E-state index contributed by atoms with van der Waals surface area (Å²) in [7, 11) is 0. The molecule has 0 N–H and O–H groups in total. The first kappa shape index (κ1) is 21.1. The summed E-state index contributed by atoms with van der Waals surface area (Å²) in [4.78, 5) is 4.12. The second kappa shape index (κ2) is 10.2. The first-order valence-corrected chi connectivity index (χ1v) is 11.0. The van der Waals surface area contributed by atoms with Gasteiger partial charge in [0.25, 0.3) is 0 Å². The van der Waals surface area contributed by atoms with Gasteiger partial charge in [-0.1, -0.05) is 37.6 Å². The monoisotopic (exact) mass is 382 g/mol. The lowest BCUT2D eigenvalue weighted by atomic mass is 9.95. The maximum Gasteiger partial charge on any atom is 0.0337 e. The Morgan fingerprint density at radius 3 is 2.20 bits per heavy atom. The lowest BCUT2D eigenvalue weighted by molar-refractivity contribution is 0.103. The molecule has 2 saturated heterocycles. The largest absolute Gasteiger partial charge is 0.300 e. The number of allylic oxidation sites excluding steroid dienone is 4. The molecule has 0 aromatic carbocycles. The normalized spacial score (nSPS) is 22.2. The van der Waals surface area contributed by atoms with Crippen LogP contribution in [0.2, 0.25) is 0 Å². The van der Waals surface area contributed by atoms with Crippen molar-refractivity contribution in [3.05, 3.63) is 33.7 Å². The van der Waals surface area contributed by atoms with Gasteiger partial charge < -0.3 is 4.90 Å². The molecule has 0 aromatic heterocycles. The van der Waals surface area contributed by atoms with E-state index >= 15 is 0 Å². The van der Waals surface area contributed by atoms with Gasteiger partial charge in [-0.3, -0.25) is 0 Å². The highest BCUT2D eigenvalue weighted by atomic mass is 35.5. The van der Waals surface area contributed by atoms with Crippen molar-refractivity contribution < 1.29 is 0 Å². The highest BCUT2D eigenvalue weighted by molar-refractivity contribution is 8.01. The standard InChI is InChI=1S/C21H35ClN2S/c1-6-19(15-18(5)22)21(16(2)3)25-24-13-9-20(10-14-24)23-11-7-17(4)8-12-23/h15,17,20H,5-14H2,1-4H3/b19-15-. The summed E-state index contributed by atoms with van der Waals surface area (Å²) < 4.78 is 2.55. The molecule has 0 bridgehead atoms. The number of likely N-dealkylation sites (tertiary alicyclic amines) is 1. The fourth-order valence-corrected chi connectivity index (χ4v) is 5.10. The molecule has 0 aliphatic carbocycles. The third kappa shape index (κ3) is 6.46. The molecule has 0 radical (unpaired) electrons. The van der Waals surface area contributed by atoms with Crippen molar-refractivity contribution in [2.75, 3.05) is 26.2 Å². The van der Waals surface area contributed by atoms with Crippen LogP contribution in [0.3, 0.4) is 0 Å². The molecule has 2 rings (SSSR count). The number of hydrogen-bond acceptors (Lipinski definition) is 3. The molecule has 4 heteroatoms. The molecule has 2 heterocycles. The molecule has 25 heavy (non-hydrogen) atoms. The van der Waals surface area contributed by atoms with Crippen LogP contribution in [-0.4, -0.2) is 41.4 Å². The van der Waals surface area contributed by atoms with Crippen molar-refractivity contribution in [3.63, 3.8) is 0 Å². The van der Waals surface area contributed by atoms with Crippen molar-refractivity contribution >= 4 is 23.5 Å². The smallest absolute Gasteiger partial charge is 0.0337 e. The van der Waals surface area contributed by atoms with E-state index in [1.165, 1.54) is 67.9 Å². The van der Waals surface area contributed by atoms with E-state index in [-0.39, 0.29) is 0 Å². The molecule has 0 amide bonds. The molecule has 0 saturated carbocycles. The van der Waals surface area contributed by atoms with Crippen LogP contribution in [0.5, 0.6) is 0 Å². The van der Waals surface area contributed by atoms with Crippen LogP contribution in [0.4, 0.5) is 0 Å². The maximum atomic E-state index is 6.04. The predicted octanol–water partition coefficient (Wildman–Crippen LogP) is 6.21. The van der Waals surface area contributed by atoms with Crippen molar-refractivity contribution in [3.8, 4) is 0 Å². The minimum Gasteiger partial charge on any atom is -0.300 e. The van der Waals surface area contributed by atoms with E-state index in [2.05, 4.69) is 43.5 Å². The van der Waals surface area contributed by atoms with Gasteiger partial charge in [0.05, 0.1) is 0 Å². The SMILES string of the molecule is C=C(Cl)/C=C(/CC)C(SN1CCC(N2CCC(C)CC2)CC1)=C(C)C. The highest BCUT2D eigenvalue weighted by Gasteiger charge is 2.28. The Labute approximate surface area is 164 Å². The summed E-state index contributed by atoms with van der Waals surface area (Å²) in [5.74, 6) is 0.919. The summed E-state index contributed by atoms with van der Waals surface area (Å²) >= 11 is 7.96. The molecule has 2 aliphatic rings. The topological polar surface area (TPSA) is 6.48 Å². The Balaban J connectivity index is 1.91. The molecular formula is C21H35ClN2S. The van der Waals surface area contributed by atoms with E-state index in [4.69, 9.17) is 11.6 Å². The van der Waals surface area contributed by atoms with Gasteiger partial charge in [-0.25, -0.2) is 4.31 Å². The zero-order valence-electron chi connectivity index (χ0n) is 16.5. The quantitative estimate of drug-likeness (QED) is 0.398. The van der Waals surface area contributed by atoms with Gasteiger partial charge in [0.1, 0.15) is 0 Å². The molecule has 0 unspecified atom stereocenters. The molecule has 0 aromatic rings. The van der Waals surface area contributed by atoms with Crippen LogP contribution in [0.25, 0.3) is 0 Å². The van der Waals surface area contributed by atoms with Crippen LogP contribution in [0.1, 0.15) is 59.8 Å². The van der Waals surface area contributed by atoms with Crippen LogP contribution >= 0.6 is 23.5 Å². The predicted molar refractivity (Wildman–Crippen MR) is 114 cm³/mol. The summed E-state index contributed by atoms with van der Waals surface area (Å²) in [5, 5.41) is 0.620. The zero-order chi connectivity index (χ0) is 18.4. The average Bonchev–Trinajstić information content (AvgIpc) is 2.58. The highest BCUT2D eigenvalue weighted by Crippen LogP contribution is 2.35. The number of nitrogens with zero attached hydrogens (tertiary/aromatic N) is 2. The molecule has 0 spiro atoms. The molecule has 2 fully saturated rings. The van der Waals surface area contributed by atoms with Crippen molar-refractivity contribution in [2.24, 2.45) is 5.92 Å². The Morgan fingerprint density at radius 2 is 1.72 bits per heavy atom. The number of halogens is 1. The van der Waals surface area contributed by atoms with E-state index in [0.29, 0.717) is 5.03 Å². The van der Waals surface area contributed by atoms with E-state index in [1.54, 1.807) is 0 Å². The van der Waals surface area contributed by atoms with Gasteiger partial charge in [0, 0.05) is 29.1 Å². The van der Waals surface area contributed by atoms with Crippen LogP contribution in [0.15, 0.2) is 33.7 Å². The lowest BCUT2D eigenvalue weighted by Crippen LogP contribution is -2.46. The summed E-state index contributed by atoms with van der Waals surface area (Å²) in [6, 6.07) is 0.795.